The highest BCUT2D eigenvalue weighted by Crippen LogP contribution is 2.19. The number of nitrogens with one attached hydrogen (secondary N) is 1. The zero-order valence-electron chi connectivity index (χ0n) is 13.6. The molecule has 0 amide bonds. The third-order valence-electron chi connectivity index (χ3n) is 3.42. The Morgan fingerprint density at radius 3 is 2.86 bits per heavy atom. The van der Waals surface area contributed by atoms with E-state index in [0.717, 1.165) is 29.7 Å². The van der Waals surface area contributed by atoms with Crippen LogP contribution in [0.3, 0.4) is 0 Å². The van der Waals surface area contributed by atoms with Crippen LogP contribution >= 0.6 is 0 Å². The third kappa shape index (κ3) is 4.91. The monoisotopic (exact) mass is 299 g/mol. The van der Waals surface area contributed by atoms with E-state index >= 15 is 0 Å². The van der Waals surface area contributed by atoms with Crippen LogP contribution in [0.1, 0.15) is 25.8 Å². The third-order valence-corrected chi connectivity index (χ3v) is 3.42. The molecule has 1 aromatic heterocycles. The maximum absolute atomic E-state index is 5.89. The highest BCUT2D eigenvalue weighted by Gasteiger charge is 2.02. The zero-order valence-corrected chi connectivity index (χ0v) is 13.6. The summed E-state index contributed by atoms with van der Waals surface area (Å²) in [6, 6.07) is 8.30. The minimum atomic E-state index is 0.507. The van der Waals surface area contributed by atoms with Gasteiger partial charge in [0, 0.05) is 25.4 Å². The minimum Gasteiger partial charge on any atom is -0.370 e. The average Bonchev–Trinajstić information content (AvgIpc) is 2.92. The van der Waals surface area contributed by atoms with Crippen LogP contribution in [-0.2, 0) is 13.6 Å². The summed E-state index contributed by atoms with van der Waals surface area (Å²) >= 11 is 0. The van der Waals surface area contributed by atoms with Crippen molar-refractivity contribution in [1.82, 2.24) is 15.1 Å². The number of benzene rings is 1. The van der Waals surface area contributed by atoms with E-state index in [1.54, 1.807) is 4.68 Å². The van der Waals surface area contributed by atoms with E-state index in [1.165, 1.54) is 0 Å². The molecular weight excluding hydrogens is 274 g/mol. The van der Waals surface area contributed by atoms with Crippen molar-refractivity contribution in [2.45, 2.75) is 26.8 Å². The predicted molar refractivity (Wildman–Crippen MR) is 91.4 cm³/mol. The van der Waals surface area contributed by atoms with Gasteiger partial charge in [0.25, 0.3) is 0 Å². The van der Waals surface area contributed by atoms with E-state index in [0.29, 0.717) is 18.4 Å². The van der Waals surface area contributed by atoms with Gasteiger partial charge in [-0.2, -0.15) is 5.10 Å². The lowest BCUT2D eigenvalue weighted by Crippen LogP contribution is -2.32. The maximum atomic E-state index is 5.89. The molecule has 0 radical (unpaired) electrons. The van der Waals surface area contributed by atoms with Gasteiger partial charge in [-0.05, 0) is 29.5 Å². The molecule has 1 heterocycles. The average molecular weight is 299 g/mol. The Balaban J connectivity index is 1.95. The van der Waals surface area contributed by atoms with Crippen molar-refractivity contribution < 1.29 is 0 Å². The molecule has 118 valence electrons. The van der Waals surface area contributed by atoms with Crippen LogP contribution in [0.2, 0.25) is 0 Å². The first-order valence-electron chi connectivity index (χ1n) is 7.66. The van der Waals surface area contributed by atoms with E-state index in [4.69, 9.17) is 5.73 Å². The highest BCUT2D eigenvalue weighted by molar-refractivity contribution is 5.77. The van der Waals surface area contributed by atoms with E-state index in [1.807, 2.05) is 25.5 Å². The van der Waals surface area contributed by atoms with E-state index < -0.39 is 0 Å². The molecule has 0 aliphatic rings. The summed E-state index contributed by atoms with van der Waals surface area (Å²) in [6.07, 6.45) is 4.96. The number of nitrogens with zero attached hydrogens (tertiary/aromatic N) is 3. The molecule has 0 atom stereocenters. The Bertz CT molecular complexity index is 627. The molecule has 2 rings (SSSR count). The van der Waals surface area contributed by atoms with Gasteiger partial charge in [-0.3, -0.25) is 4.68 Å². The number of aryl methyl sites for hydroxylation is 1. The summed E-state index contributed by atoms with van der Waals surface area (Å²) in [5, 5.41) is 7.35. The quantitative estimate of drug-likeness (QED) is 0.636. The van der Waals surface area contributed by atoms with Crippen LogP contribution in [0.4, 0.5) is 0 Å². The van der Waals surface area contributed by atoms with Crippen molar-refractivity contribution in [3.63, 3.8) is 0 Å². The number of guanidine groups is 1. The van der Waals surface area contributed by atoms with Crippen LogP contribution in [0.5, 0.6) is 0 Å². The molecule has 22 heavy (non-hydrogen) atoms. The van der Waals surface area contributed by atoms with E-state index in [-0.39, 0.29) is 0 Å². The van der Waals surface area contributed by atoms with Gasteiger partial charge < -0.3 is 11.1 Å². The van der Waals surface area contributed by atoms with Crippen LogP contribution in [0.15, 0.2) is 41.7 Å². The van der Waals surface area contributed by atoms with Gasteiger partial charge in [0.1, 0.15) is 0 Å². The molecule has 5 heteroatoms. The minimum absolute atomic E-state index is 0.507. The molecule has 1 aromatic carbocycles. The van der Waals surface area contributed by atoms with Crippen molar-refractivity contribution in [2.75, 3.05) is 6.54 Å². The lowest BCUT2D eigenvalue weighted by atomic mass is 10.1. The fourth-order valence-corrected chi connectivity index (χ4v) is 2.14. The van der Waals surface area contributed by atoms with Crippen LogP contribution in [0, 0.1) is 5.92 Å². The largest absolute Gasteiger partial charge is 0.370 e. The Kier molecular flexibility index (Phi) is 5.58. The Morgan fingerprint density at radius 2 is 2.18 bits per heavy atom. The molecule has 0 bridgehead atoms. The van der Waals surface area contributed by atoms with Crippen LogP contribution < -0.4 is 11.1 Å². The van der Waals surface area contributed by atoms with Gasteiger partial charge in [0.05, 0.1) is 12.7 Å². The van der Waals surface area contributed by atoms with Gasteiger partial charge in [0.2, 0.25) is 0 Å². The first-order chi connectivity index (χ1) is 10.5. The summed E-state index contributed by atoms with van der Waals surface area (Å²) in [6.45, 7) is 5.83. The first-order valence-corrected chi connectivity index (χ1v) is 7.66. The lowest BCUT2D eigenvalue weighted by molar-refractivity contribution is 0.576. The Labute approximate surface area is 132 Å². The highest BCUT2D eigenvalue weighted by atomic mass is 15.2. The predicted octanol–water partition coefficient (Wildman–Crippen LogP) is 2.54. The number of rotatable bonds is 6. The molecule has 0 aliphatic carbocycles. The second kappa shape index (κ2) is 7.64. The second-order valence-corrected chi connectivity index (χ2v) is 5.91. The molecule has 3 N–H and O–H groups in total. The van der Waals surface area contributed by atoms with Crippen molar-refractivity contribution in [3.05, 3.63) is 42.2 Å². The summed E-state index contributed by atoms with van der Waals surface area (Å²) in [5.74, 6) is 1.17. The van der Waals surface area contributed by atoms with Gasteiger partial charge >= 0.3 is 0 Å². The number of aromatic nitrogens is 2. The fourth-order valence-electron chi connectivity index (χ4n) is 2.14. The second-order valence-electron chi connectivity index (χ2n) is 5.91. The van der Waals surface area contributed by atoms with Crippen LogP contribution in [-0.4, -0.2) is 22.3 Å². The Hall–Kier alpha value is -2.30. The van der Waals surface area contributed by atoms with Gasteiger partial charge in [-0.15, -0.1) is 0 Å². The van der Waals surface area contributed by atoms with Crippen molar-refractivity contribution in [1.29, 1.82) is 0 Å². The Morgan fingerprint density at radius 1 is 1.36 bits per heavy atom. The lowest BCUT2D eigenvalue weighted by Gasteiger charge is -2.07. The molecule has 0 spiro atoms. The zero-order chi connectivity index (χ0) is 15.9. The van der Waals surface area contributed by atoms with Gasteiger partial charge in [-0.25, -0.2) is 4.99 Å². The molecule has 5 nitrogen and oxygen atoms in total. The summed E-state index contributed by atoms with van der Waals surface area (Å²) in [7, 11) is 1.92. The molecule has 0 saturated heterocycles. The standard InChI is InChI=1S/C17H25N5/c1-13(2)7-8-19-17(18)20-10-14-5-4-6-15(9-14)16-11-21-22(3)12-16/h4-6,9,11-13H,7-8,10H2,1-3H3,(H3,18,19,20). The van der Waals surface area contributed by atoms with Gasteiger partial charge in [0.15, 0.2) is 5.96 Å². The van der Waals surface area contributed by atoms with Crippen molar-refractivity contribution >= 4 is 5.96 Å². The molecule has 0 fully saturated rings. The smallest absolute Gasteiger partial charge is 0.188 e. The van der Waals surface area contributed by atoms with Crippen LogP contribution in [0.25, 0.3) is 11.1 Å². The van der Waals surface area contributed by atoms with E-state index in [9.17, 15) is 0 Å². The molecule has 0 saturated carbocycles. The topological polar surface area (TPSA) is 68.2 Å². The fraction of sp³-hybridized carbons (Fsp3) is 0.412. The number of nitrogens with two attached hydrogens (primary N) is 1. The number of hydrogen-bond acceptors (Lipinski definition) is 2. The summed E-state index contributed by atoms with van der Waals surface area (Å²) < 4.78 is 1.80. The van der Waals surface area contributed by atoms with Crippen molar-refractivity contribution in [3.8, 4) is 11.1 Å². The first kappa shape index (κ1) is 16.1. The van der Waals surface area contributed by atoms with Gasteiger partial charge in [-0.1, -0.05) is 32.0 Å². The molecule has 2 aromatic rings. The summed E-state index contributed by atoms with van der Waals surface area (Å²) in [4.78, 5) is 4.39. The maximum Gasteiger partial charge on any atom is 0.188 e. The normalized spacial score (nSPS) is 11.9. The summed E-state index contributed by atoms with van der Waals surface area (Å²) in [5.41, 5.74) is 9.27. The number of aliphatic imine (C=N–C) groups is 1. The number of hydrogen-bond donors (Lipinski definition) is 2. The molecular formula is C17H25N5. The van der Waals surface area contributed by atoms with E-state index in [2.05, 4.69) is 47.5 Å². The molecule has 0 aliphatic heterocycles. The molecule has 0 unspecified atom stereocenters. The SMILES string of the molecule is CC(C)CCNC(N)=NCc1cccc(-c2cnn(C)c2)c1. The van der Waals surface area contributed by atoms with Crippen molar-refractivity contribution in [2.24, 2.45) is 23.7 Å².